The van der Waals surface area contributed by atoms with E-state index in [-0.39, 0.29) is 23.7 Å². The fourth-order valence-corrected chi connectivity index (χ4v) is 3.54. The standard InChI is InChI=1S/C18H23BrN6O2/c1-11(2)15(18(27)24-9-7-12(8-10-24)16(20)26)25-22-17(21-23-25)13-3-5-14(19)6-4-13/h3-6,11-12,15H,7-10H2,1-2H3,(H2,20,26). The van der Waals surface area contributed by atoms with Crippen LogP contribution in [0.1, 0.15) is 32.7 Å². The lowest BCUT2D eigenvalue weighted by atomic mass is 9.95. The van der Waals surface area contributed by atoms with E-state index in [0.717, 1.165) is 10.0 Å². The normalized spacial score (nSPS) is 16.5. The third-order valence-corrected chi connectivity index (χ3v) is 5.40. The van der Waals surface area contributed by atoms with E-state index < -0.39 is 6.04 Å². The van der Waals surface area contributed by atoms with Gasteiger partial charge in [0.05, 0.1) is 0 Å². The lowest BCUT2D eigenvalue weighted by molar-refractivity contribution is -0.139. The van der Waals surface area contributed by atoms with Crippen molar-refractivity contribution in [2.75, 3.05) is 13.1 Å². The molecular weight excluding hydrogens is 412 g/mol. The van der Waals surface area contributed by atoms with Crippen molar-refractivity contribution in [3.8, 4) is 11.4 Å². The van der Waals surface area contributed by atoms with Gasteiger partial charge in [-0.25, -0.2) is 0 Å². The number of tetrazole rings is 1. The van der Waals surface area contributed by atoms with E-state index in [4.69, 9.17) is 5.73 Å². The van der Waals surface area contributed by atoms with Gasteiger partial charge in [-0.15, -0.1) is 10.2 Å². The molecule has 0 aliphatic carbocycles. The van der Waals surface area contributed by atoms with Crippen LogP contribution in [0, 0.1) is 11.8 Å². The Bertz CT molecular complexity index is 812. The lowest BCUT2D eigenvalue weighted by Crippen LogP contribution is -2.46. The average Bonchev–Trinajstić information content (AvgIpc) is 3.11. The minimum absolute atomic E-state index is 0.00154. The highest BCUT2D eigenvalue weighted by atomic mass is 79.9. The van der Waals surface area contributed by atoms with Crippen molar-refractivity contribution in [2.45, 2.75) is 32.7 Å². The van der Waals surface area contributed by atoms with Gasteiger partial charge in [0.1, 0.15) is 0 Å². The summed E-state index contributed by atoms with van der Waals surface area (Å²) in [4.78, 5) is 27.6. The molecule has 2 aromatic rings. The first-order valence-corrected chi connectivity index (χ1v) is 9.79. The van der Waals surface area contributed by atoms with Crippen LogP contribution in [0.2, 0.25) is 0 Å². The molecule has 1 unspecified atom stereocenters. The van der Waals surface area contributed by atoms with Gasteiger partial charge < -0.3 is 10.6 Å². The molecule has 2 N–H and O–H groups in total. The summed E-state index contributed by atoms with van der Waals surface area (Å²) in [5, 5.41) is 12.7. The van der Waals surface area contributed by atoms with Crippen molar-refractivity contribution in [1.29, 1.82) is 0 Å². The van der Waals surface area contributed by atoms with Crippen molar-refractivity contribution < 1.29 is 9.59 Å². The van der Waals surface area contributed by atoms with E-state index in [1.54, 1.807) is 4.90 Å². The quantitative estimate of drug-likeness (QED) is 0.774. The van der Waals surface area contributed by atoms with Gasteiger partial charge >= 0.3 is 0 Å². The third kappa shape index (κ3) is 4.35. The monoisotopic (exact) mass is 434 g/mol. The van der Waals surface area contributed by atoms with Crippen molar-refractivity contribution in [2.24, 2.45) is 17.6 Å². The van der Waals surface area contributed by atoms with Crippen molar-refractivity contribution >= 4 is 27.7 Å². The SMILES string of the molecule is CC(C)C(C(=O)N1CCC(C(N)=O)CC1)n1nnc(-c2ccc(Br)cc2)n1. The maximum Gasteiger partial charge on any atom is 0.249 e. The van der Waals surface area contributed by atoms with E-state index in [0.29, 0.717) is 31.8 Å². The first-order chi connectivity index (χ1) is 12.9. The summed E-state index contributed by atoms with van der Waals surface area (Å²) in [5.74, 6) is -0.0148. The van der Waals surface area contributed by atoms with E-state index >= 15 is 0 Å². The molecule has 1 aromatic carbocycles. The molecule has 3 rings (SSSR count). The van der Waals surface area contributed by atoms with Gasteiger partial charge in [-0.05, 0) is 48.2 Å². The van der Waals surface area contributed by atoms with Crippen LogP contribution in [0.3, 0.4) is 0 Å². The van der Waals surface area contributed by atoms with E-state index in [1.165, 1.54) is 4.80 Å². The maximum atomic E-state index is 13.1. The number of rotatable bonds is 5. The third-order valence-electron chi connectivity index (χ3n) is 4.87. The minimum Gasteiger partial charge on any atom is -0.369 e. The molecule has 1 aliphatic rings. The lowest BCUT2D eigenvalue weighted by Gasteiger charge is -2.33. The second kappa shape index (κ2) is 8.16. The number of benzene rings is 1. The predicted molar refractivity (Wildman–Crippen MR) is 103 cm³/mol. The highest BCUT2D eigenvalue weighted by Crippen LogP contribution is 2.25. The van der Waals surface area contributed by atoms with Crippen LogP contribution in [0.4, 0.5) is 0 Å². The fourth-order valence-electron chi connectivity index (χ4n) is 3.28. The summed E-state index contributed by atoms with van der Waals surface area (Å²) in [7, 11) is 0. The topological polar surface area (TPSA) is 107 Å². The van der Waals surface area contributed by atoms with Crippen molar-refractivity contribution in [1.82, 2.24) is 25.1 Å². The number of halogens is 1. The number of primary amides is 1. The van der Waals surface area contributed by atoms with E-state index in [2.05, 4.69) is 31.3 Å². The second-order valence-corrected chi connectivity index (χ2v) is 8.05. The number of piperidine rings is 1. The number of likely N-dealkylation sites (tertiary alicyclic amines) is 1. The Morgan fingerprint density at radius 3 is 2.37 bits per heavy atom. The van der Waals surface area contributed by atoms with Crippen LogP contribution < -0.4 is 5.73 Å². The second-order valence-electron chi connectivity index (χ2n) is 7.13. The number of aromatic nitrogens is 4. The van der Waals surface area contributed by atoms with Crippen molar-refractivity contribution in [3.63, 3.8) is 0 Å². The number of nitrogens with zero attached hydrogens (tertiary/aromatic N) is 5. The fraction of sp³-hybridized carbons (Fsp3) is 0.500. The van der Waals surface area contributed by atoms with Crippen LogP contribution in [0.25, 0.3) is 11.4 Å². The number of nitrogens with two attached hydrogens (primary N) is 1. The van der Waals surface area contributed by atoms with Gasteiger partial charge in [-0.2, -0.15) is 4.80 Å². The van der Waals surface area contributed by atoms with Crippen LogP contribution in [-0.2, 0) is 9.59 Å². The van der Waals surface area contributed by atoms with Crippen LogP contribution >= 0.6 is 15.9 Å². The van der Waals surface area contributed by atoms with E-state index in [1.807, 2.05) is 38.1 Å². The maximum absolute atomic E-state index is 13.1. The Hall–Kier alpha value is -2.29. The van der Waals surface area contributed by atoms with Crippen LogP contribution in [-0.4, -0.2) is 50.0 Å². The Morgan fingerprint density at radius 2 is 1.81 bits per heavy atom. The Balaban J connectivity index is 1.77. The van der Waals surface area contributed by atoms with E-state index in [9.17, 15) is 9.59 Å². The summed E-state index contributed by atoms with van der Waals surface area (Å²) in [6.45, 7) is 4.95. The molecule has 0 bridgehead atoms. The Kier molecular flexibility index (Phi) is 5.88. The molecule has 8 nitrogen and oxygen atoms in total. The molecule has 9 heteroatoms. The molecule has 1 fully saturated rings. The highest BCUT2D eigenvalue weighted by molar-refractivity contribution is 9.10. The number of carbonyl (C=O) groups excluding carboxylic acids is 2. The van der Waals surface area contributed by atoms with Crippen molar-refractivity contribution in [3.05, 3.63) is 28.7 Å². The van der Waals surface area contributed by atoms with Gasteiger partial charge in [0.25, 0.3) is 0 Å². The molecule has 0 radical (unpaired) electrons. The molecule has 1 aromatic heterocycles. The zero-order chi connectivity index (χ0) is 19.6. The molecule has 1 atom stereocenters. The summed E-state index contributed by atoms with van der Waals surface area (Å²) in [6, 6.07) is 7.07. The van der Waals surface area contributed by atoms with Gasteiger partial charge in [0.15, 0.2) is 6.04 Å². The van der Waals surface area contributed by atoms with Gasteiger partial charge in [-0.3, -0.25) is 9.59 Å². The zero-order valence-corrected chi connectivity index (χ0v) is 17.0. The van der Waals surface area contributed by atoms with Crippen LogP contribution in [0.15, 0.2) is 28.7 Å². The molecule has 2 heterocycles. The summed E-state index contributed by atoms with van der Waals surface area (Å²) in [6.07, 6.45) is 1.20. The predicted octanol–water partition coefficient (Wildman–Crippen LogP) is 2.02. The first kappa shape index (κ1) is 19.5. The molecular formula is C18H23BrN6O2. The smallest absolute Gasteiger partial charge is 0.249 e. The molecule has 1 saturated heterocycles. The number of carbonyl (C=O) groups is 2. The largest absolute Gasteiger partial charge is 0.369 e. The summed E-state index contributed by atoms with van der Waals surface area (Å²) < 4.78 is 0.966. The van der Waals surface area contributed by atoms with Gasteiger partial charge in [-0.1, -0.05) is 29.8 Å². The molecule has 27 heavy (non-hydrogen) atoms. The molecule has 2 amide bonds. The average molecular weight is 435 g/mol. The molecule has 144 valence electrons. The number of amides is 2. The molecule has 1 aliphatic heterocycles. The zero-order valence-electron chi connectivity index (χ0n) is 15.4. The molecule has 0 spiro atoms. The highest BCUT2D eigenvalue weighted by Gasteiger charge is 2.34. The summed E-state index contributed by atoms with van der Waals surface area (Å²) in [5.41, 5.74) is 6.21. The number of hydrogen-bond donors (Lipinski definition) is 1. The summed E-state index contributed by atoms with van der Waals surface area (Å²) >= 11 is 3.40. The Labute approximate surface area is 166 Å². The number of hydrogen-bond acceptors (Lipinski definition) is 5. The van der Waals surface area contributed by atoms with Crippen LogP contribution in [0.5, 0.6) is 0 Å². The molecule has 0 saturated carbocycles. The Morgan fingerprint density at radius 1 is 1.19 bits per heavy atom. The van der Waals surface area contributed by atoms with Gasteiger partial charge in [0, 0.05) is 29.0 Å². The first-order valence-electron chi connectivity index (χ1n) is 9.00. The minimum atomic E-state index is -0.535. The van der Waals surface area contributed by atoms with Gasteiger partial charge in [0.2, 0.25) is 17.6 Å².